The summed E-state index contributed by atoms with van der Waals surface area (Å²) >= 11 is 0. The van der Waals surface area contributed by atoms with E-state index in [1.54, 1.807) is 6.08 Å². The van der Waals surface area contributed by atoms with Gasteiger partial charge in [-0.3, -0.25) is 4.79 Å². The fourth-order valence-electron chi connectivity index (χ4n) is 15.5. The molecule has 12 atom stereocenters. The molecule has 0 radical (unpaired) electrons. The summed E-state index contributed by atoms with van der Waals surface area (Å²) in [5, 5.41) is 87.8. The highest BCUT2D eigenvalue weighted by atomic mass is 16.7. The standard InChI is InChI=1S/C90H173NO13/c1-3-5-7-9-11-13-15-17-19-21-23-25-27-29-31-33-34-35-36-37-38-39-40-41-42-43-44-46-48-50-52-54-56-58-60-62-64-66-68-70-72-74-82(95)91-78(77-101-89-87(100)85(98)88(81(76-93)103-89)104-90-86(99)84(97)83(96)80(75-92)102-90)79(94)73-71-69-67-65-63-61-59-57-55-53-51-49-47-45-32-30-28-26-24-22-20-18-16-14-12-10-8-6-4-2/h63,65,71,73,78-81,83-90,92-94,96-100H,3-62,64,66-70,72,74-77H2,1-2H3,(H,91,95)/b65-63+,73-71+. The van der Waals surface area contributed by atoms with Gasteiger partial charge in [-0.25, -0.2) is 0 Å². The molecule has 0 aromatic carbocycles. The van der Waals surface area contributed by atoms with Gasteiger partial charge in [0.25, 0.3) is 0 Å². The van der Waals surface area contributed by atoms with Crippen LogP contribution in [0, 0.1) is 0 Å². The van der Waals surface area contributed by atoms with Crippen molar-refractivity contribution in [2.45, 2.75) is 524 Å². The molecule has 12 unspecified atom stereocenters. The predicted molar refractivity (Wildman–Crippen MR) is 434 cm³/mol. The van der Waals surface area contributed by atoms with Gasteiger partial charge in [0.15, 0.2) is 12.6 Å². The van der Waals surface area contributed by atoms with Crippen molar-refractivity contribution in [3.05, 3.63) is 24.3 Å². The highest BCUT2D eigenvalue weighted by Gasteiger charge is 2.51. The summed E-state index contributed by atoms with van der Waals surface area (Å²) in [5.74, 6) is -0.238. The minimum atomic E-state index is -1.79. The van der Waals surface area contributed by atoms with Crippen LogP contribution in [0.3, 0.4) is 0 Å². The van der Waals surface area contributed by atoms with Crippen LogP contribution in [0.1, 0.15) is 450 Å². The predicted octanol–water partition coefficient (Wildman–Crippen LogP) is 22.2. The van der Waals surface area contributed by atoms with E-state index in [-0.39, 0.29) is 18.9 Å². The first kappa shape index (κ1) is 98.5. The maximum Gasteiger partial charge on any atom is 0.220 e. The molecule has 616 valence electrons. The normalized spacial score (nSPS) is 21.5. The van der Waals surface area contributed by atoms with Gasteiger partial charge in [0.1, 0.15) is 48.8 Å². The molecular weight excluding hydrogens is 1300 g/mol. The van der Waals surface area contributed by atoms with Crippen LogP contribution in [-0.2, 0) is 23.7 Å². The van der Waals surface area contributed by atoms with Gasteiger partial charge < -0.3 is 65.1 Å². The van der Waals surface area contributed by atoms with E-state index in [1.165, 1.54) is 385 Å². The molecule has 2 heterocycles. The zero-order valence-corrected chi connectivity index (χ0v) is 68.1. The molecule has 0 aliphatic carbocycles. The molecule has 0 bridgehead atoms. The molecule has 0 saturated carbocycles. The van der Waals surface area contributed by atoms with Crippen molar-refractivity contribution in [3.8, 4) is 0 Å². The lowest BCUT2D eigenvalue weighted by Gasteiger charge is -2.46. The summed E-state index contributed by atoms with van der Waals surface area (Å²) in [6, 6.07) is -0.931. The molecule has 1 amide bonds. The van der Waals surface area contributed by atoms with Crippen molar-refractivity contribution >= 4 is 5.91 Å². The second kappa shape index (κ2) is 74.2. The summed E-state index contributed by atoms with van der Waals surface area (Å²) in [6.45, 7) is 2.87. The lowest BCUT2D eigenvalue weighted by atomic mass is 9.97. The van der Waals surface area contributed by atoms with Gasteiger partial charge >= 0.3 is 0 Å². The van der Waals surface area contributed by atoms with Crippen LogP contribution in [0.4, 0.5) is 0 Å². The topological polar surface area (TPSA) is 228 Å². The number of ether oxygens (including phenoxy) is 4. The number of hydrogen-bond donors (Lipinski definition) is 9. The third kappa shape index (κ3) is 55.8. The van der Waals surface area contributed by atoms with Gasteiger partial charge in [0.05, 0.1) is 32.0 Å². The summed E-state index contributed by atoms with van der Waals surface area (Å²) < 4.78 is 22.9. The quantitative estimate of drug-likeness (QED) is 0.0204. The number of nitrogens with one attached hydrogen (secondary N) is 1. The highest BCUT2D eigenvalue weighted by molar-refractivity contribution is 5.76. The maximum absolute atomic E-state index is 13.4. The van der Waals surface area contributed by atoms with Crippen LogP contribution in [-0.4, -0.2) is 140 Å². The van der Waals surface area contributed by atoms with E-state index in [1.807, 2.05) is 6.08 Å². The summed E-state index contributed by atoms with van der Waals surface area (Å²) in [4.78, 5) is 13.4. The van der Waals surface area contributed by atoms with Gasteiger partial charge in [-0.1, -0.05) is 436 Å². The Morgan fingerprint density at radius 2 is 0.615 bits per heavy atom. The van der Waals surface area contributed by atoms with Gasteiger partial charge in [-0.05, 0) is 32.1 Å². The van der Waals surface area contributed by atoms with Crippen LogP contribution >= 0.6 is 0 Å². The molecule has 14 heteroatoms. The van der Waals surface area contributed by atoms with Crippen molar-refractivity contribution in [1.82, 2.24) is 5.32 Å². The maximum atomic E-state index is 13.4. The average molecular weight is 1480 g/mol. The van der Waals surface area contributed by atoms with Gasteiger partial charge in [0, 0.05) is 6.42 Å². The number of aliphatic hydroxyl groups excluding tert-OH is 8. The molecule has 14 nitrogen and oxygen atoms in total. The lowest BCUT2D eigenvalue weighted by Crippen LogP contribution is -2.65. The van der Waals surface area contributed by atoms with Crippen molar-refractivity contribution < 1.29 is 64.6 Å². The molecule has 2 rings (SSSR count). The summed E-state index contributed by atoms with van der Waals surface area (Å²) in [5.41, 5.74) is 0. The molecule has 104 heavy (non-hydrogen) atoms. The first-order valence-corrected chi connectivity index (χ1v) is 45.6. The third-order valence-electron chi connectivity index (χ3n) is 22.6. The Hall–Kier alpha value is -1.53. The number of rotatable bonds is 79. The monoisotopic (exact) mass is 1480 g/mol. The van der Waals surface area contributed by atoms with Crippen molar-refractivity contribution in [2.24, 2.45) is 0 Å². The number of amides is 1. The van der Waals surface area contributed by atoms with Crippen LogP contribution in [0.5, 0.6) is 0 Å². The number of unbranched alkanes of at least 4 members (excludes halogenated alkanes) is 64. The Balaban J connectivity index is 1.55. The molecular formula is C90H173NO13. The van der Waals surface area contributed by atoms with E-state index in [2.05, 4.69) is 31.3 Å². The number of allylic oxidation sites excluding steroid dienone is 3. The van der Waals surface area contributed by atoms with E-state index in [0.717, 1.165) is 32.1 Å². The Bertz CT molecular complexity index is 1840. The van der Waals surface area contributed by atoms with Crippen molar-refractivity contribution in [3.63, 3.8) is 0 Å². The highest BCUT2D eigenvalue weighted by Crippen LogP contribution is 2.31. The lowest BCUT2D eigenvalue weighted by molar-refractivity contribution is -0.359. The molecule has 2 fully saturated rings. The minimum Gasteiger partial charge on any atom is -0.394 e. The largest absolute Gasteiger partial charge is 0.394 e. The third-order valence-corrected chi connectivity index (χ3v) is 22.6. The van der Waals surface area contributed by atoms with Gasteiger partial charge in [-0.2, -0.15) is 0 Å². The molecule has 0 aromatic rings. The van der Waals surface area contributed by atoms with Crippen LogP contribution in [0.25, 0.3) is 0 Å². The van der Waals surface area contributed by atoms with E-state index in [0.29, 0.717) is 12.8 Å². The number of hydrogen-bond acceptors (Lipinski definition) is 13. The molecule has 2 aliphatic heterocycles. The molecule has 0 aromatic heterocycles. The van der Waals surface area contributed by atoms with Gasteiger partial charge in [-0.15, -0.1) is 0 Å². The molecule has 2 saturated heterocycles. The fraction of sp³-hybridized carbons (Fsp3) is 0.944. The van der Waals surface area contributed by atoms with Crippen LogP contribution < -0.4 is 5.32 Å². The smallest absolute Gasteiger partial charge is 0.220 e. The first-order chi connectivity index (χ1) is 51.1. The van der Waals surface area contributed by atoms with Crippen LogP contribution in [0.15, 0.2) is 24.3 Å². The molecule has 2 aliphatic rings. The first-order valence-electron chi connectivity index (χ1n) is 45.6. The van der Waals surface area contributed by atoms with Crippen LogP contribution in [0.2, 0.25) is 0 Å². The SMILES string of the molecule is CCCCCCCCCCCCCCCCCCCCCCCCC/C=C/CC/C=C/C(O)C(COC1OC(CO)C(OC2OC(CO)C(O)C(O)C2O)C(O)C1O)NC(=O)CCCCCCCCCCCCCCCCCCCCCCCCCCCCCCCCCCCCCCCCCCC. The van der Waals surface area contributed by atoms with E-state index in [9.17, 15) is 45.6 Å². The minimum absolute atomic E-state index is 0.238. The summed E-state index contributed by atoms with van der Waals surface area (Å²) in [6.07, 6.45) is 81.8. The second-order valence-electron chi connectivity index (χ2n) is 32.4. The fourth-order valence-corrected chi connectivity index (χ4v) is 15.5. The molecule has 9 N–H and O–H groups in total. The molecule has 0 spiro atoms. The van der Waals surface area contributed by atoms with Crippen molar-refractivity contribution in [2.75, 3.05) is 19.8 Å². The van der Waals surface area contributed by atoms with Crippen molar-refractivity contribution in [1.29, 1.82) is 0 Å². The zero-order valence-electron chi connectivity index (χ0n) is 68.1. The Kier molecular flexibility index (Phi) is 70.3. The average Bonchev–Trinajstić information content (AvgIpc) is 0.788. The Morgan fingerprint density at radius 1 is 0.337 bits per heavy atom. The number of aliphatic hydroxyl groups is 8. The zero-order chi connectivity index (χ0) is 75.1. The summed E-state index contributed by atoms with van der Waals surface area (Å²) in [7, 11) is 0. The Labute approximate surface area is 640 Å². The van der Waals surface area contributed by atoms with E-state index >= 15 is 0 Å². The number of carbonyl (C=O) groups excluding carboxylic acids is 1. The number of carbonyl (C=O) groups is 1. The van der Waals surface area contributed by atoms with E-state index in [4.69, 9.17) is 18.9 Å². The Morgan fingerprint density at radius 3 is 0.942 bits per heavy atom. The van der Waals surface area contributed by atoms with Gasteiger partial charge in [0.2, 0.25) is 5.91 Å². The second-order valence-corrected chi connectivity index (χ2v) is 32.4. The van der Waals surface area contributed by atoms with E-state index < -0.39 is 86.8 Å².